The minimum atomic E-state index is 0.0787. The Labute approximate surface area is 154 Å². The smallest absolute Gasteiger partial charge is 0.224 e. The van der Waals surface area contributed by atoms with Gasteiger partial charge in [-0.05, 0) is 61.4 Å². The predicted molar refractivity (Wildman–Crippen MR) is 105 cm³/mol. The topological polar surface area (TPSA) is 42.0 Å². The molecule has 26 heavy (non-hydrogen) atoms. The average Bonchev–Trinajstić information content (AvgIpc) is 2.65. The summed E-state index contributed by atoms with van der Waals surface area (Å²) in [6.45, 7) is 4.09. The Morgan fingerprint density at radius 1 is 1.12 bits per heavy atom. The van der Waals surface area contributed by atoms with Crippen molar-refractivity contribution in [2.75, 3.05) is 0 Å². The molecule has 1 amide bonds. The van der Waals surface area contributed by atoms with Crippen molar-refractivity contribution in [2.24, 2.45) is 0 Å². The molecule has 0 radical (unpaired) electrons. The van der Waals surface area contributed by atoms with Crippen LogP contribution in [0.1, 0.15) is 46.8 Å². The van der Waals surface area contributed by atoms with Crippen LogP contribution >= 0.6 is 0 Å². The minimum absolute atomic E-state index is 0.0787. The first-order valence-corrected chi connectivity index (χ1v) is 9.35. The molecule has 0 saturated heterocycles. The Bertz CT molecular complexity index is 977. The van der Waals surface area contributed by atoms with E-state index in [0.717, 1.165) is 47.0 Å². The number of benzene rings is 2. The molecule has 0 aliphatic heterocycles. The van der Waals surface area contributed by atoms with Crippen LogP contribution in [0.3, 0.4) is 0 Å². The van der Waals surface area contributed by atoms with E-state index in [4.69, 9.17) is 4.98 Å². The van der Waals surface area contributed by atoms with E-state index in [1.807, 2.05) is 25.1 Å². The number of carbonyl (C=O) groups excluding carboxylic acids is 1. The van der Waals surface area contributed by atoms with Crippen LogP contribution in [0.5, 0.6) is 0 Å². The number of nitrogens with zero attached hydrogens (tertiary/aromatic N) is 1. The normalized spacial score (nSPS) is 16.3. The van der Waals surface area contributed by atoms with E-state index in [2.05, 4.69) is 42.6 Å². The van der Waals surface area contributed by atoms with Gasteiger partial charge in [-0.25, -0.2) is 0 Å². The lowest BCUT2D eigenvalue weighted by molar-refractivity contribution is -0.121. The zero-order chi connectivity index (χ0) is 18.1. The van der Waals surface area contributed by atoms with Crippen LogP contribution in [0, 0.1) is 13.8 Å². The van der Waals surface area contributed by atoms with Crippen LogP contribution in [0.25, 0.3) is 10.9 Å². The first-order chi connectivity index (χ1) is 12.6. The number of aryl methyl sites for hydroxylation is 3. The first kappa shape index (κ1) is 16.8. The fraction of sp³-hybridized carbons (Fsp3) is 0.304. The molecule has 1 atom stereocenters. The minimum Gasteiger partial charge on any atom is -0.349 e. The lowest BCUT2D eigenvalue weighted by Gasteiger charge is -2.26. The van der Waals surface area contributed by atoms with Crippen LogP contribution < -0.4 is 5.32 Å². The summed E-state index contributed by atoms with van der Waals surface area (Å²) in [5.41, 5.74) is 6.78. The number of aromatic nitrogens is 1. The Hall–Kier alpha value is -2.68. The second-order valence-corrected chi connectivity index (χ2v) is 7.21. The SMILES string of the molecule is Cc1nc2ccccc2c(C)c1CC(=O)N[C@@H]1CCCc2ccccc21. The molecule has 0 bridgehead atoms. The summed E-state index contributed by atoms with van der Waals surface area (Å²) < 4.78 is 0. The van der Waals surface area contributed by atoms with Gasteiger partial charge in [0.15, 0.2) is 0 Å². The molecule has 0 saturated carbocycles. The summed E-state index contributed by atoms with van der Waals surface area (Å²) in [6.07, 6.45) is 3.62. The highest BCUT2D eigenvalue weighted by Gasteiger charge is 2.22. The molecule has 1 N–H and O–H groups in total. The lowest BCUT2D eigenvalue weighted by Crippen LogP contribution is -2.32. The zero-order valence-electron chi connectivity index (χ0n) is 15.4. The van der Waals surface area contributed by atoms with Gasteiger partial charge in [-0.3, -0.25) is 9.78 Å². The zero-order valence-corrected chi connectivity index (χ0v) is 15.4. The molecule has 1 aliphatic carbocycles. The fourth-order valence-electron chi connectivity index (χ4n) is 4.14. The molecule has 1 aromatic heterocycles. The van der Waals surface area contributed by atoms with E-state index in [1.165, 1.54) is 11.1 Å². The summed E-state index contributed by atoms with van der Waals surface area (Å²) >= 11 is 0. The second-order valence-electron chi connectivity index (χ2n) is 7.21. The maximum atomic E-state index is 12.8. The van der Waals surface area contributed by atoms with Crippen LogP contribution in [0.2, 0.25) is 0 Å². The summed E-state index contributed by atoms with van der Waals surface area (Å²) in [7, 11) is 0. The van der Waals surface area contributed by atoms with E-state index >= 15 is 0 Å². The van der Waals surface area contributed by atoms with Gasteiger partial charge in [0.25, 0.3) is 0 Å². The van der Waals surface area contributed by atoms with Gasteiger partial charge in [0.2, 0.25) is 5.91 Å². The van der Waals surface area contributed by atoms with E-state index in [0.29, 0.717) is 6.42 Å². The van der Waals surface area contributed by atoms with E-state index in [-0.39, 0.29) is 11.9 Å². The van der Waals surface area contributed by atoms with Crippen molar-refractivity contribution in [3.05, 3.63) is 76.5 Å². The van der Waals surface area contributed by atoms with Crippen molar-refractivity contribution in [1.29, 1.82) is 0 Å². The highest BCUT2D eigenvalue weighted by Crippen LogP contribution is 2.30. The Morgan fingerprint density at radius 2 is 1.88 bits per heavy atom. The molecule has 3 heteroatoms. The molecule has 4 rings (SSSR count). The summed E-state index contributed by atoms with van der Waals surface area (Å²) in [6, 6.07) is 16.7. The van der Waals surface area contributed by atoms with Gasteiger partial charge < -0.3 is 5.32 Å². The van der Waals surface area contributed by atoms with Crippen molar-refractivity contribution in [3.8, 4) is 0 Å². The molecule has 0 fully saturated rings. The van der Waals surface area contributed by atoms with Crippen molar-refractivity contribution in [3.63, 3.8) is 0 Å². The number of hydrogen-bond acceptors (Lipinski definition) is 2. The molecule has 3 nitrogen and oxygen atoms in total. The molecule has 1 aliphatic rings. The Morgan fingerprint density at radius 3 is 2.77 bits per heavy atom. The number of pyridine rings is 1. The monoisotopic (exact) mass is 344 g/mol. The largest absolute Gasteiger partial charge is 0.349 e. The van der Waals surface area contributed by atoms with Gasteiger partial charge in [0.1, 0.15) is 0 Å². The van der Waals surface area contributed by atoms with Crippen molar-refractivity contribution >= 4 is 16.8 Å². The highest BCUT2D eigenvalue weighted by atomic mass is 16.1. The van der Waals surface area contributed by atoms with Gasteiger partial charge in [0.05, 0.1) is 18.0 Å². The molecule has 0 spiro atoms. The first-order valence-electron chi connectivity index (χ1n) is 9.35. The maximum Gasteiger partial charge on any atom is 0.224 e. The molecule has 132 valence electrons. The van der Waals surface area contributed by atoms with E-state index < -0.39 is 0 Å². The maximum absolute atomic E-state index is 12.8. The molecule has 2 aromatic carbocycles. The number of amides is 1. The molecule has 1 heterocycles. The number of para-hydroxylation sites is 1. The number of carbonyl (C=O) groups is 1. The number of hydrogen-bond donors (Lipinski definition) is 1. The van der Waals surface area contributed by atoms with Gasteiger partial charge in [-0.1, -0.05) is 42.5 Å². The quantitative estimate of drug-likeness (QED) is 0.755. The number of rotatable bonds is 3. The Balaban J connectivity index is 1.57. The second kappa shape index (κ2) is 6.91. The standard InChI is InChI=1S/C23H24N2O/c1-15-18-10-5-6-12-21(18)24-16(2)20(15)14-23(26)25-22-13-7-9-17-8-3-4-11-19(17)22/h3-6,8,10-12,22H,7,9,13-14H2,1-2H3,(H,25,26)/t22-/m1/s1. The molecule has 3 aromatic rings. The summed E-state index contributed by atoms with van der Waals surface area (Å²) in [4.78, 5) is 17.5. The Kier molecular flexibility index (Phi) is 4.46. The van der Waals surface area contributed by atoms with E-state index in [9.17, 15) is 4.79 Å². The third-order valence-electron chi connectivity index (χ3n) is 5.53. The molecular weight excluding hydrogens is 320 g/mol. The van der Waals surface area contributed by atoms with Crippen molar-refractivity contribution < 1.29 is 4.79 Å². The summed E-state index contributed by atoms with van der Waals surface area (Å²) in [5.74, 6) is 0.0787. The van der Waals surface area contributed by atoms with Crippen LogP contribution in [-0.2, 0) is 17.6 Å². The van der Waals surface area contributed by atoms with Crippen LogP contribution in [0.15, 0.2) is 48.5 Å². The van der Waals surface area contributed by atoms with E-state index in [1.54, 1.807) is 0 Å². The third-order valence-corrected chi connectivity index (χ3v) is 5.53. The van der Waals surface area contributed by atoms with Crippen molar-refractivity contribution in [1.82, 2.24) is 10.3 Å². The number of fused-ring (bicyclic) bond motifs is 2. The summed E-state index contributed by atoms with van der Waals surface area (Å²) in [5, 5.41) is 4.39. The molecule has 0 unspecified atom stereocenters. The van der Waals surface area contributed by atoms with Gasteiger partial charge in [-0.15, -0.1) is 0 Å². The molecular formula is C23H24N2O. The fourth-order valence-corrected chi connectivity index (χ4v) is 4.14. The average molecular weight is 344 g/mol. The predicted octanol–water partition coefficient (Wildman–Crippen LogP) is 4.59. The highest BCUT2D eigenvalue weighted by molar-refractivity contribution is 5.86. The van der Waals surface area contributed by atoms with Crippen LogP contribution in [0.4, 0.5) is 0 Å². The lowest BCUT2D eigenvalue weighted by atomic mass is 9.87. The van der Waals surface area contributed by atoms with Crippen molar-refractivity contribution in [2.45, 2.75) is 45.6 Å². The van der Waals surface area contributed by atoms with Crippen LogP contribution in [-0.4, -0.2) is 10.9 Å². The third kappa shape index (κ3) is 3.10. The number of nitrogens with one attached hydrogen (secondary N) is 1. The van der Waals surface area contributed by atoms with Gasteiger partial charge >= 0.3 is 0 Å². The van der Waals surface area contributed by atoms with Gasteiger partial charge in [0, 0.05) is 11.1 Å². The van der Waals surface area contributed by atoms with Gasteiger partial charge in [-0.2, -0.15) is 0 Å².